The van der Waals surface area contributed by atoms with Crippen molar-refractivity contribution in [3.8, 4) is 0 Å². The molecule has 0 saturated carbocycles. The van der Waals surface area contributed by atoms with Gasteiger partial charge in [0.15, 0.2) is 9.84 Å². The third kappa shape index (κ3) is 4.34. The van der Waals surface area contributed by atoms with Crippen LogP contribution < -0.4 is 0 Å². The third-order valence-corrected chi connectivity index (χ3v) is 6.05. The van der Waals surface area contributed by atoms with Gasteiger partial charge in [0, 0.05) is 25.8 Å². The van der Waals surface area contributed by atoms with Crippen molar-refractivity contribution >= 4 is 38.9 Å². The summed E-state index contributed by atoms with van der Waals surface area (Å²) in [7, 11) is -3.07. The molecule has 1 heterocycles. The van der Waals surface area contributed by atoms with E-state index in [0.29, 0.717) is 42.4 Å². The Morgan fingerprint density at radius 3 is 2.62 bits per heavy atom. The Kier molecular flexibility index (Phi) is 5.17. The van der Waals surface area contributed by atoms with Gasteiger partial charge in [0.05, 0.1) is 15.3 Å². The van der Waals surface area contributed by atoms with Gasteiger partial charge in [-0.25, -0.2) is 8.42 Å². The predicted molar refractivity (Wildman–Crippen MR) is 84.6 cm³/mol. The molecule has 116 valence electrons. The molecule has 1 aliphatic heterocycles. The van der Waals surface area contributed by atoms with Crippen molar-refractivity contribution in [2.45, 2.75) is 24.5 Å². The third-order valence-electron chi connectivity index (χ3n) is 3.71. The van der Waals surface area contributed by atoms with E-state index in [-0.39, 0.29) is 5.91 Å². The van der Waals surface area contributed by atoms with E-state index >= 15 is 0 Å². The van der Waals surface area contributed by atoms with E-state index in [0.717, 1.165) is 5.56 Å². The second kappa shape index (κ2) is 6.55. The van der Waals surface area contributed by atoms with Gasteiger partial charge in [0.2, 0.25) is 5.91 Å². The lowest BCUT2D eigenvalue weighted by Gasteiger charge is -2.16. The standard InChI is InChI=1S/C14H17Cl2NO3S/c1-21(19,20)11-6-7-17(9-11)14(18)5-3-10-2-4-12(15)13(16)8-10/h2,4,8,11H,3,5-7,9H2,1H3. The number of rotatable bonds is 4. The molecule has 1 aromatic carbocycles. The number of carbonyl (C=O) groups excluding carboxylic acids is 1. The molecule has 0 bridgehead atoms. The lowest BCUT2D eigenvalue weighted by Crippen LogP contribution is -2.31. The molecule has 1 atom stereocenters. The van der Waals surface area contributed by atoms with Crippen LogP contribution in [0, 0.1) is 0 Å². The van der Waals surface area contributed by atoms with Crippen LogP contribution in [0.1, 0.15) is 18.4 Å². The highest BCUT2D eigenvalue weighted by Crippen LogP contribution is 2.23. The molecule has 0 spiro atoms. The minimum atomic E-state index is -3.07. The minimum Gasteiger partial charge on any atom is -0.341 e. The fourth-order valence-corrected chi connectivity index (χ4v) is 3.71. The number of aryl methyl sites for hydroxylation is 1. The van der Waals surface area contributed by atoms with Crippen LogP contribution in [0.5, 0.6) is 0 Å². The van der Waals surface area contributed by atoms with Gasteiger partial charge in [-0.1, -0.05) is 29.3 Å². The Labute approximate surface area is 134 Å². The van der Waals surface area contributed by atoms with E-state index in [1.165, 1.54) is 6.26 Å². The topological polar surface area (TPSA) is 54.5 Å². The SMILES string of the molecule is CS(=O)(=O)C1CCN(C(=O)CCc2ccc(Cl)c(Cl)c2)C1. The quantitative estimate of drug-likeness (QED) is 0.839. The first kappa shape index (κ1) is 16.6. The molecule has 7 heteroatoms. The van der Waals surface area contributed by atoms with Gasteiger partial charge >= 0.3 is 0 Å². The van der Waals surface area contributed by atoms with E-state index in [2.05, 4.69) is 0 Å². The highest BCUT2D eigenvalue weighted by atomic mass is 35.5. The highest BCUT2D eigenvalue weighted by molar-refractivity contribution is 7.91. The normalized spacial score (nSPS) is 19.0. The molecule has 0 N–H and O–H groups in total. The molecule has 21 heavy (non-hydrogen) atoms. The number of sulfone groups is 1. The summed E-state index contributed by atoms with van der Waals surface area (Å²) in [5.41, 5.74) is 0.941. The maximum atomic E-state index is 12.1. The number of amides is 1. The van der Waals surface area contributed by atoms with Crippen LogP contribution in [-0.2, 0) is 21.1 Å². The number of halogens is 2. The molecular weight excluding hydrogens is 333 g/mol. The van der Waals surface area contributed by atoms with Crippen LogP contribution in [-0.4, -0.2) is 43.8 Å². The Hall–Kier alpha value is -0.780. The number of hydrogen-bond acceptors (Lipinski definition) is 3. The van der Waals surface area contributed by atoms with Gasteiger partial charge in [-0.05, 0) is 30.5 Å². The number of nitrogens with zero attached hydrogens (tertiary/aromatic N) is 1. The number of benzene rings is 1. The van der Waals surface area contributed by atoms with Crippen LogP contribution in [0.4, 0.5) is 0 Å². The Morgan fingerprint density at radius 1 is 1.33 bits per heavy atom. The van der Waals surface area contributed by atoms with Crippen LogP contribution in [0.2, 0.25) is 10.0 Å². The van der Waals surface area contributed by atoms with E-state index in [1.807, 2.05) is 6.07 Å². The highest BCUT2D eigenvalue weighted by Gasteiger charge is 2.32. The van der Waals surface area contributed by atoms with Gasteiger partial charge in [-0.15, -0.1) is 0 Å². The molecule has 1 aromatic rings. The van der Waals surface area contributed by atoms with Crippen molar-refractivity contribution < 1.29 is 13.2 Å². The smallest absolute Gasteiger partial charge is 0.222 e. The first-order valence-electron chi connectivity index (χ1n) is 6.68. The summed E-state index contributed by atoms with van der Waals surface area (Å²) in [6.07, 6.45) is 2.66. The Morgan fingerprint density at radius 2 is 2.05 bits per heavy atom. The number of likely N-dealkylation sites (tertiary alicyclic amines) is 1. The molecule has 1 unspecified atom stereocenters. The van der Waals surface area contributed by atoms with Crippen LogP contribution in [0.25, 0.3) is 0 Å². The summed E-state index contributed by atoms with van der Waals surface area (Å²) in [4.78, 5) is 13.7. The van der Waals surface area contributed by atoms with Crippen molar-refractivity contribution in [3.63, 3.8) is 0 Å². The summed E-state index contributed by atoms with van der Waals surface area (Å²) in [5, 5.41) is 0.536. The lowest BCUT2D eigenvalue weighted by molar-refractivity contribution is -0.130. The fraction of sp³-hybridized carbons (Fsp3) is 0.500. The second-order valence-electron chi connectivity index (χ2n) is 5.33. The maximum absolute atomic E-state index is 12.1. The van der Waals surface area contributed by atoms with Gasteiger partial charge in [0.1, 0.15) is 0 Å². The summed E-state index contributed by atoms with van der Waals surface area (Å²) in [6.45, 7) is 0.816. The zero-order valence-electron chi connectivity index (χ0n) is 11.7. The van der Waals surface area contributed by atoms with Crippen molar-refractivity contribution in [2.24, 2.45) is 0 Å². The molecule has 1 amide bonds. The van der Waals surface area contributed by atoms with Gasteiger partial charge in [-0.3, -0.25) is 4.79 Å². The average molecular weight is 350 g/mol. The molecule has 1 aliphatic rings. The maximum Gasteiger partial charge on any atom is 0.222 e. The molecule has 2 rings (SSSR count). The number of hydrogen-bond donors (Lipinski definition) is 0. The zero-order valence-corrected chi connectivity index (χ0v) is 14.0. The summed E-state index contributed by atoms with van der Waals surface area (Å²) in [5.74, 6) is -0.0211. The molecule has 0 aliphatic carbocycles. The lowest BCUT2D eigenvalue weighted by atomic mass is 10.1. The average Bonchev–Trinajstić information content (AvgIpc) is 2.89. The van der Waals surface area contributed by atoms with Gasteiger partial charge < -0.3 is 4.90 Å². The van der Waals surface area contributed by atoms with Crippen molar-refractivity contribution in [3.05, 3.63) is 33.8 Å². The second-order valence-corrected chi connectivity index (χ2v) is 8.47. The van der Waals surface area contributed by atoms with E-state index < -0.39 is 15.1 Å². The molecule has 1 fully saturated rings. The summed E-state index contributed by atoms with van der Waals surface area (Å²) >= 11 is 11.8. The van der Waals surface area contributed by atoms with Crippen LogP contribution >= 0.6 is 23.2 Å². The molecular formula is C14H17Cl2NO3S. The van der Waals surface area contributed by atoms with E-state index in [9.17, 15) is 13.2 Å². The first-order valence-corrected chi connectivity index (χ1v) is 9.39. The first-order chi connectivity index (χ1) is 9.77. The van der Waals surface area contributed by atoms with Crippen LogP contribution in [0.3, 0.4) is 0 Å². The van der Waals surface area contributed by atoms with Crippen molar-refractivity contribution in [1.82, 2.24) is 4.90 Å². The number of carbonyl (C=O) groups is 1. The van der Waals surface area contributed by atoms with Gasteiger partial charge in [0.25, 0.3) is 0 Å². The monoisotopic (exact) mass is 349 g/mol. The molecule has 1 saturated heterocycles. The molecule has 0 aromatic heterocycles. The Bertz CT molecular complexity index is 646. The van der Waals surface area contributed by atoms with E-state index in [1.54, 1.807) is 17.0 Å². The predicted octanol–water partition coefficient (Wildman–Crippen LogP) is 2.57. The molecule has 4 nitrogen and oxygen atoms in total. The van der Waals surface area contributed by atoms with Crippen molar-refractivity contribution in [1.29, 1.82) is 0 Å². The van der Waals surface area contributed by atoms with Crippen molar-refractivity contribution in [2.75, 3.05) is 19.3 Å². The summed E-state index contributed by atoms with van der Waals surface area (Å²) < 4.78 is 23.0. The molecule has 0 radical (unpaired) electrons. The van der Waals surface area contributed by atoms with Crippen LogP contribution in [0.15, 0.2) is 18.2 Å². The Balaban J connectivity index is 1.89. The fourth-order valence-electron chi connectivity index (χ4n) is 2.41. The summed E-state index contributed by atoms with van der Waals surface area (Å²) in [6, 6.07) is 5.30. The van der Waals surface area contributed by atoms with E-state index in [4.69, 9.17) is 23.2 Å². The zero-order chi connectivity index (χ0) is 15.6. The minimum absolute atomic E-state index is 0.0211. The largest absolute Gasteiger partial charge is 0.341 e. The van der Waals surface area contributed by atoms with Gasteiger partial charge in [-0.2, -0.15) is 0 Å².